The predicted molar refractivity (Wildman–Crippen MR) is 94.8 cm³/mol. The number of ether oxygens (including phenoxy) is 2. The summed E-state index contributed by atoms with van der Waals surface area (Å²) in [6, 6.07) is 3.75. The molecule has 0 unspecified atom stereocenters. The first-order valence-corrected chi connectivity index (χ1v) is 9.09. The zero-order valence-electron chi connectivity index (χ0n) is 12.5. The lowest BCUT2D eigenvalue weighted by atomic mass is 10.2. The molecule has 2 heterocycles. The van der Waals surface area contributed by atoms with E-state index in [2.05, 4.69) is 32.9 Å². The number of nitrogen functional groups attached to an aromatic ring is 1. The Kier molecular flexibility index (Phi) is 3.60. The average molecular weight is 428 g/mol. The molecule has 1 aromatic carbocycles. The fourth-order valence-electron chi connectivity index (χ4n) is 2.90. The maximum absolute atomic E-state index is 12.1. The Labute approximate surface area is 146 Å². The molecule has 1 saturated carbocycles. The Morgan fingerprint density at radius 1 is 1.48 bits per heavy atom. The van der Waals surface area contributed by atoms with E-state index in [0.29, 0.717) is 28.6 Å². The van der Waals surface area contributed by atoms with E-state index in [1.165, 1.54) is 0 Å². The molecule has 1 fully saturated rings. The third-order valence-electron chi connectivity index (χ3n) is 4.30. The van der Waals surface area contributed by atoms with Gasteiger partial charge in [0.15, 0.2) is 5.60 Å². The maximum atomic E-state index is 12.1. The molecule has 7 nitrogen and oxygen atoms in total. The number of nitrogens with one attached hydrogen (secondary N) is 1. The third-order valence-corrected chi connectivity index (χ3v) is 4.74. The van der Waals surface area contributed by atoms with E-state index >= 15 is 0 Å². The molecule has 122 valence electrons. The molecular formula is C15H17IN4O3. The first-order chi connectivity index (χ1) is 11.1. The van der Waals surface area contributed by atoms with E-state index in [4.69, 9.17) is 15.2 Å². The highest BCUT2D eigenvalue weighted by Crippen LogP contribution is 2.47. The zero-order valence-corrected chi connectivity index (χ0v) is 14.6. The Hall–Kier alpha value is -1.55. The lowest BCUT2D eigenvalue weighted by molar-refractivity contribution is -0.125. The number of rotatable bonds is 5. The topological polar surface area (TPSA) is 91.4 Å². The Morgan fingerprint density at radius 3 is 3.04 bits per heavy atom. The number of amides is 1. The summed E-state index contributed by atoms with van der Waals surface area (Å²) in [4.78, 5) is 16.4. The fraction of sp³-hybridized carbons (Fsp3) is 0.467. The summed E-state index contributed by atoms with van der Waals surface area (Å²) in [5.74, 6) is 1.09. The second-order valence-electron chi connectivity index (χ2n) is 5.88. The number of halogens is 1. The van der Waals surface area contributed by atoms with E-state index in [1.807, 2.05) is 16.7 Å². The van der Waals surface area contributed by atoms with Crippen LogP contribution in [0.1, 0.15) is 19.3 Å². The van der Waals surface area contributed by atoms with Crippen molar-refractivity contribution in [3.63, 3.8) is 0 Å². The molecule has 1 amide bonds. The van der Waals surface area contributed by atoms with Crippen LogP contribution >= 0.6 is 22.6 Å². The second kappa shape index (κ2) is 5.52. The minimum atomic E-state index is -0.648. The molecule has 8 heteroatoms. The van der Waals surface area contributed by atoms with Crippen LogP contribution in [0.15, 0.2) is 12.1 Å². The standard InChI is InChI=1S/C15H17IN4O3/c16-8-22-5-1-4-20-11-7-12-10(6-9(11)19-14(20)17)18-13(21)15(23-12)2-3-15/h6-7H,1-5,8H2,(H2,17,19)(H,18,21). The molecule has 1 aliphatic heterocycles. The molecule has 2 aromatic rings. The van der Waals surface area contributed by atoms with Gasteiger partial charge in [-0.1, -0.05) is 22.6 Å². The number of carbonyl (C=O) groups excluding carboxylic acids is 1. The summed E-state index contributed by atoms with van der Waals surface area (Å²) in [7, 11) is 0. The highest BCUT2D eigenvalue weighted by atomic mass is 127. The highest BCUT2D eigenvalue weighted by Gasteiger charge is 2.55. The van der Waals surface area contributed by atoms with Crippen molar-refractivity contribution in [1.82, 2.24) is 9.55 Å². The molecule has 0 saturated heterocycles. The summed E-state index contributed by atoms with van der Waals surface area (Å²) < 4.78 is 13.9. The van der Waals surface area contributed by atoms with E-state index in [9.17, 15) is 4.79 Å². The number of anilines is 2. The van der Waals surface area contributed by atoms with Crippen molar-refractivity contribution in [2.75, 3.05) is 22.3 Å². The van der Waals surface area contributed by atoms with E-state index < -0.39 is 5.60 Å². The number of aromatic nitrogens is 2. The van der Waals surface area contributed by atoms with Gasteiger partial charge in [-0.05, 0) is 12.5 Å². The molecule has 4 rings (SSSR count). The number of hydrogen-bond acceptors (Lipinski definition) is 5. The van der Waals surface area contributed by atoms with Gasteiger partial charge in [0.1, 0.15) is 5.75 Å². The molecule has 23 heavy (non-hydrogen) atoms. The summed E-state index contributed by atoms with van der Waals surface area (Å²) in [6.45, 7) is 1.41. The smallest absolute Gasteiger partial charge is 0.268 e. The summed E-state index contributed by atoms with van der Waals surface area (Å²) in [5, 5.41) is 2.92. The Morgan fingerprint density at radius 2 is 2.30 bits per heavy atom. The van der Waals surface area contributed by atoms with Crippen molar-refractivity contribution >= 4 is 51.2 Å². The average Bonchev–Trinajstić information content (AvgIpc) is 3.23. The van der Waals surface area contributed by atoms with Crippen molar-refractivity contribution in [2.45, 2.75) is 31.4 Å². The number of carbonyl (C=O) groups is 1. The number of nitrogens with two attached hydrogens (primary N) is 1. The fourth-order valence-corrected chi connectivity index (χ4v) is 3.21. The normalized spacial score (nSPS) is 17.9. The first kappa shape index (κ1) is 15.0. The van der Waals surface area contributed by atoms with Gasteiger partial charge in [0.25, 0.3) is 5.91 Å². The molecule has 0 atom stereocenters. The Bertz CT molecular complexity index is 785. The van der Waals surface area contributed by atoms with Gasteiger partial charge in [-0.15, -0.1) is 0 Å². The number of imidazole rings is 1. The van der Waals surface area contributed by atoms with Gasteiger partial charge in [0.05, 0.1) is 21.3 Å². The lowest BCUT2D eigenvalue weighted by Gasteiger charge is -2.25. The Balaban J connectivity index is 1.67. The van der Waals surface area contributed by atoms with Gasteiger partial charge >= 0.3 is 0 Å². The second-order valence-corrected chi connectivity index (χ2v) is 6.50. The first-order valence-electron chi connectivity index (χ1n) is 7.57. The van der Waals surface area contributed by atoms with Crippen LogP contribution in [-0.4, -0.2) is 32.3 Å². The van der Waals surface area contributed by atoms with Crippen LogP contribution in [0.3, 0.4) is 0 Å². The molecule has 1 aromatic heterocycles. The molecule has 0 bridgehead atoms. The van der Waals surface area contributed by atoms with Gasteiger partial charge in [-0.3, -0.25) is 4.79 Å². The maximum Gasteiger partial charge on any atom is 0.268 e. The van der Waals surface area contributed by atoms with Crippen molar-refractivity contribution in [1.29, 1.82) is 0 Å². The van der Waals surface area contributed by atoms with Crippen molar-refractivity contribution in [3.8, 4) is 5.75 Å². The van der Waals surface area contributed by atoms with Crippen LogP contribution in [0, 0.1) is 0 Å². The van der Waals surface area contributed by atoms with Crippen LogP contribution in [-0.2, 0) is 16.1 Å². The van der Waals surface area contributed by atoms with E-state index in [1.54, 1.807) is 0 Å². The molecular weight excluding hydrogens is 411 g/mol. The van der Waals surface area contributed by atoms with Crippen LogP contribution in [0.4, 0.5) is 11.6 Å². The van der Waals surface area contributed by atoms with Crippen molar-refractivity contribution in [3.05, 3.63) is 12.1 Å². The molecule has 1 aliphatic carbocycles. The summed E-state index contributed by atoms with van der Waals surface area (Å²) >= 11 is 2.18. The summed E-state index contributed by atoms with van der Waals surface area (Å²) in [5.41, 5.74) is 7.73. The number of benzene rings is 1. The van der Waals surface area contributed by atoms with Crippen LogP contribution in [0.2, 0.25) is 0 Å². The van der Waals surface area contributed by atoms with Gasteiger partial charge in [0, 0.05) is 32.1 Å². The number of alkyl halides is 1. The molecule has 2 aliphatic rings. The minimum absolute atomic E-state index is 0.0623. The predicted octanol–water partition coefficient (Wildman–Crippen LogP) is 2.28. The third kappa shape index (κ3) is 2.53. The largest absolute Gasteiger partial charge is 0.475 e. The lowest BCUT2D eigenvalue weighted by Crippen LogP contribution is -2.38. The SMILES string of the molecule is Nc1nc2cc3c(cc2n1CCCOCI)OC1(CC1)C(=O)N3. The monoisotopic (exact) mass is 428 g/mol. The summed E-state index contributed by atoms with van der Waals surface area (Å²) in [6.07, 6.45) is 2.40. The minimum Gasteiger partial charge on any atom is -0.475 e. The van der Waals surface area contributed by atoms with Crippen LogP contribution in [0.25, 0.3) is 11.0 Å². The quantitative estimate of drug-likeness (QED) is 0.433. The van der Waals surface area contributed by atoms with Crippen molar-refractivity contribution < 1.29 is 14.3 Å². The molecule has 0 radical (unpaired) electrons. The molecule has 3 N–H and O–H groups in total. The molecule has 1 spiro atoms. The van der Waals surface area contributed by atoms with Crippen molar-refractivity contribution in [2.24, 2.45) is 0 Å². The number of fused-ring (bicyclic) bond motifs is 2. The number of aryl methyl sites for hydroxylation is 1. The van der Waals surface area contributed by atoms with Gasteiger partial charge in [-0.2, -0.15) is 0 Å². The zero-order chi connectivity index (χ0) is 16.0. The number of nitrogens with zero attached hydrogens (tertiary/aromatic N) is 2. The van der Waals surface area contributed by atoms with Gasteiger partial charge < -0.3 is 25.1 Å². The number of hydrogen-bond donors (Lipinski definition) is 2. The highest BCUT2D eigenvalue weighted by molar-refractivity contribution is 14.1. The van der Waals surface area contributed by atoms with Crippen LogP contribution < -0.4 is 15.8 Å². The van der Waals surface area contributed by atoms with E-state index in [0.717, 1.165) is 36.8 Å². The van der Waals surface area contributed by atoms with Gasteiger partial charge in [0.2, 0.25) is 5.95 Å². The van der Waals surface area contributed by atoms with E-state index in [-0.39, 0.29) is 5.91 Å². The van der Waals surface area contributed by atoms with Crippen LogP contribution in [0.5, 0.6) is 5.75 Å². The van der Waals surface area contributed by atoms with Gasteiger partial charge in [-0.25, -0.2) is 4.98 Å².